The Kier molecular flexibility index (Phi) is 4.33. The molecule has 0 atom stereocenters. The third-order valence-electron chi connectivity index (χ3n) is 8.22. The van der Waals surface area contributed by atoms with Crippen LogP contribution in [0.5, 0.6) is 0 Å². The first-order chi connectivity index (χ1) is 18.8. The van der Waals surface area contributed by atoms with Gasteiger partial charge in [0.05, 0.1) is 16.8 Å². The molecule has 0 saturated heterocycles. The van der Waals surface area contributed by atoms with Gasteiger partial charge in [0.2, 0.25) is 0 Å². The lowest BCUT2D eigenvalue weighted by Crippen LogP contribution is -2.42. The molecule has 178 valence electrons. The number of nitrogens with zero attached hydrogens (tertiary/aromatic N) is 1. The molecule has 6 aromatic carbocycles. The fourth-order valence-corrected chi connectivity index (χ4v) is 6.72. The molecule has 0 saturated carbocycles. The lowest BCUT2D eigenvalue weighted by Gasteiger charge is -2.49. The monoisotopic (exact) mass is 485 g/mol. The van der Waals surface area contributed by atoms with Crippen molar-refractivity contribution in [2.75, 3.05) is 4.90 Å². The van der Waals surface area contributed by atoms with Crippen LogP contribution in [0.4, 0.5) is 17.1 Å². The molecular weight excluding hydrogens is 462 g/mol. The normalized spacial score (nSPS) is 14.5. The smallest absolute Gasteiger partial charge is 0.193 e. The zero-order valence-electron chi connectivity index (χ0n) is 20.6. The summed E-state index contributed by atoms with van der Waals surface area (Å²) in [4.78, 5) is 16.4. The molecule has 1 spiro atoms. The van der Waals surface area contributed by atoms with Gasteiger partial charge in [0.15, 0.2) is 5.78 Å². The molecule has 0 bridgehead atoms. The topological polar surface area (TPSA) is 20.3 Å². The van der Waals surface area contributed by atoms with Crippen LogP contribution in [0.3, 0.4) is 0 Å². The second-order valence-electron chi connectivity index (χ2n) is 10.1. The van der Waals surface area contributed by atoms with Crippen LogP contribution in [0.25, 0.3) is 10.8 Å². The highest BCUT2D eigenvalue weighted by molar-refractivity contribution is 6.16. The predicted molar refractivity (Wildman–Crippen MR) is 154 cm³/mol. The highest BCUT2D eigenvalue weighted by Gasteiger charge is 2.51. The summed E-state index contributed by atoms with van der Waals surface area (Å²) in [6.07, 6.45) is 0. The number of fused-ring (bicyclic) bond motifs is 9. The molecule has 0 N–H and O–H groups in total. The number of carbonyl (C=O) groups is 1. The number of carbonyl (C=O) groups excluding carboxylic acids is 1. The second kappa shape index (κ2) is 7.77. The van der Waals surface area contributed by atoms with Gasteiger partial charge in [-0.05, 0) is 69.4 Å². The molecule has 0 aromatic heterocycles. The molecule has 8 rings (SSSR count). The first-order valence-electron chi connectivity index (χ1n) is 13.0. The molecule has 6 aromatic rings. The third kappa shape index (κ3) is 2.64. The summed E-state index contributed by atoms with van der Waals surface area (Å²) >= 11 is 0. The van der Waals surface area contributed by atoms with Crippen molar-refractivity contribution in [3.63, 3.8) is 0 Å². The van der Waals surface area contributed by atoms with E-state index in [-0.39, 0.29) is 5.78 Å². The van der Waals surface area contributed by atoms with E-state index in [9.17, 15) is 4.79 Å². The van der Waals surface area contributed by atoms with E-state index >= 15 is 0 Å². The SMILES string of the molecule is O=C1c2ccccc2C2(c3cc4ccccc4cc31)c1ccccc1N(c1ccccc1)c1ccccc12. The van der Waals surface area contributed by atoms with E-state index in [1.54, 1.807) is 0 Å². The van der Waals surface area contributed by atoms with Crippen molar-refractivity contribution >= 4 is 33.6 Å². The third-order valence-corrected chi connectivity index (χ3v) is 8.22. The Bertz CT molecular complexity index is 1860. The summed E-state index contributed by atoms with van der Waals surface area (Å²) in [7, 11) is 0. The molecule has 0 unspecified atom stereocenters. The van der Waals surface area contributed by atoms with E-state index in [0.717, 1.165) is 50.1 Å². The van der Waals surface area contributed by atoms with E-state index in [2.05, 4.69) is 126 Å². The number of benzene rings is 6. The first-order valence-corrected chi connectivity index (χ1v) is 13.0. The van der Waals surface area contributed by atoms with Gasteiger partial charge in [-0.3, -0.25) is 4.79 Å². The van der Waals surface area contributed by atoms with Crippen LogP contribution >= 0.6 is 0 Å². The van der Waals surface area contributed by atoms with Crippen molar-refractivity contribution in [1.29, 1.82) is 0 Å². The molecule has 38 heavy (non-hydrogen) atoms. The molecule has 2 aliphatic rings. The quantitative estimate of drug-likeness (QED) is 0.232. The lowest BCUT2D eigenvalue weighted by molar-refractivity contribution is 0.103. The maximum atomic E-state index is 14.1. The van der Waals surface area contributed by atoms with Gasteiger partial charge in [0.1, 0.15) is 0 Å². The van der Waals surface area contributed by atoms with Crippen molar-refractivity contribution in [2.24, 2.45) is 0 Å². The van der Waals surface area contributed by atoms with Crippen LogP contribution in [-0.2, 0) is 5.41 Å². The van der Waals surface area contributed by atoms with Gasteiger partial charge in [-0.15, -0.1) is 0 Å². The van der Waals surface area contributed by atoms with Gasteiger partial charge in [-0.1, -0.05) is 103 Å². The molecule has 1 aliphatic heterocycles. The minimum Gasteiger partial charge on any atom is -0.310 e. The fourth-order valence-electron chi connectivity index (χ4n) is 6.72. The van der Waals surface area contributed by atoms with E-state index in [4.69, 9.17) is 0 Å². The molecule has 2 heteroatoms. The Hall–Kier alpha value is -4.95. The predicted octanol–water partition coefficient (Wildman–Crippen LogP) is 8.55. The van der Waals surface area contributed by atoms with E-state index < -0.39 is 5.41 Å². The lowest BCUT2D eigenvalue weighted by atomic mass is 9.57. The molecule has 0 amide bonds. The molecular formula is C36H23NO. The molecule has 1 aliphatic carbocycles. The van der Waals surface area contributed by atoms with Crippen LogP contribution in [0.2, 0.25) is 0 Å². The maximum Gasteiger partial charge on any atom is 0.193 e. The summed E-state index contributed by atoms with van der Waals surface area (Å²) < 4.78 is 0. The van der Waals surface area contributed by atoms with Crippen LogP contribution in [0, 0.1) is 0 Å². The zero-order chi connectivity index (χ0) is 25.3. The molecule has 1 heterocycles. The van der Waals surface area contributed by atoms with Gasteiger partial charge < -0.3 is 4.90 Å². The Morgan fingerprint density at radius 3 is 1.66 bits per heavy atom. The number of hydrogen-bond acceptors (Lipinski definition) is 2. The molecule has 0 fully saturated rings. The average Bonchev–Trinajstić information content (AvgIpc) is 2.99. The highest BCUT2D eigenvalue weighted by atomic mass is 16.1. The van der Waals surface area contributed by atoms with Gasteiger partial charge >= 0.3 is 0 Å². The number of rotatable bonds is 1. The van der Waals surface area contributed by atoms with Crippen LogP contribution < -0.4 is 4.90 Å². The minimum absolute atomic E-state index is 0.0902. The Morgan fingerprint density at radius 1 is 0.447 bits per heavy atom. The number of ketones is 1. The zero-order valence-corrected chi connectivity index (χ0v) is 20.6. The summed E-state index contributed by atoms with van der Waals surface area (Å²) in [6.45, 7) is 0. The Balaban J connectivity index is 1.59. The Morgan fingerprint density at radius 2 is 0.974 bits per heavy atom. The number of para-hydroxylation sites is 3. The van der Waals surface area contributed by atoms with Crippen LogP contribution in [0.15, 0.2) is 140 Å². The van der Waals surface area contributed by atoms with Crippen molar-refractivity contribution < 1.29 is 4.79 Å². The van der Waals surface area contributed by atoms with Gasteiger partial charge in [0, 0.05) is 16.8 Å². The van der Waals surface area contributed by atoms with E-state index in [0.29, 0.717) is 0 Å². The molecule has 0 radical (unpaired) electrons. The minimum atomic E-state index is -0.637. The first kappa shape index (κ1) is 21.2. The summed E-state index contributed by atoms with van der Waals surface area (Å²) in [5.41, 5.74) is 8.73. The van der Waals surface area contributed by atoms with E-state index in [1.165, 1.54) is 11.1 Å². The standard InChI is InChI=1S/C36H23NO/c38-35-27-16-6-7-17-29(27)36(32-23-25-13-5-4-12-24(25)22-28(32)35)30-18-8-10-20-33(30)37(26-14-2-1-3-15-26)34-21-11-9-19-31(34)36/h1-23H. The highest BCUT2D eigenvalue weighted by Crippen LogP contribution is 2.60. The van der Waals surface area contributed by atoms with Crippen molar-refractivity contribution in [3.05, 3.63) is 173 Å². The summed E-state index contributed by atoms with van der Waals surface area (Å²) in [5, 5.41) is 2.22. The largest absolute Gasteiger partial charge is 0.310 e. The fraction of sp³-hybridized carbons (Fsp3) is 0.0278. The summed E-state index contributed by atoms with van der Waals surface area (Å²) in [5.74, 6) is 0.0902. The van der Waals surface area contributed by atoms with Gasteiger partial charge in [-0.2, -0.15) is 0 Å². The van der Waals surface area contributed by atoms with Crippen LogP contribution in [0.1, 0.15) is 38.2 Å². The number of hydrogen-bond donors (Lipinski definition) is 0. The van der Waals surface area contributed by atoms with Crippen molar-refractivity contribution in [2.45, 2.75) is 5.41 Å². The van der Waals surface area contributed by atoms with Crippen molar-refractivity contribution in [3.8, 4) is 0 Å². The number of anilines is 3. The van der Waals surface area contributed by atoms with Gasteiger partial charge in [-0.25, -0.2) is 0 Å². The average molecular weight is 486 g/mol. The molecule has 2 nitrogen and oxygen atoms in total. The maximum absolute atomic E-state index is 14.1. The van der Waals surface area contributed by atoms with Crippen LogP contribution in [-0.4, -0.2) is 5.78 Å². The van der Waals surface area contributed by atoms with Gasteiger partial charge in [0.25, 0.3) is 0 Å². The van der Waals surface area contributed by atoms with Crippen molar-refractivity contribution in [1.82, 2.24) is 0 Å². The summed E-state index contributed by atoms with van der Waals surface area (Å²) in [6, 6.07) is 48.8. The van der Waals surface area contributed by atoms with E-state index in [1.807, 2.05) is 18.2 Å². The Labute approximate surface area is 221 Å². The second-order valence-corrected chi connectivity index (χ2v) is 10.1.